The summed E-state index contributed by atoms with van der Waals surface area (Å²) < 4.78 is 0. The van der Waals surface area contributed by atoms with Gasteiger partial charge in [0.25, 0.3) is 0 Å². The number of H-pyrrole nitrogens is 1. The molecule has 0 radical (unpaired) electrons. The molecule has 0 saturated heterocycles. The van der Waals surface area contributed by atoms with E-state index in [0.717, 1.165) is 6.42 Å². The van der Waals surface area contributed by atoms with Gasteiger partial charge in [-0.3, -0.25) is 0 Å². The Morgan fingerprint density at radius 3 is 2.75 bits per heavy atom. The fourth-order valence-electron chi connectivity index (χ4n) is 2.29. The van der Waals surface area contributed by atoms with Crippen molar-refractivity contribution in [2.75, 3.05) is 6.54 Å². The van der Waals surface area contributed by atoms with E-state index in [2.05, 4.69) is 47.6 Å². The van der Waals surface area contributed by atoms with Crippen LogP contribution in [0.4, 0.5) is 0 Å². The van der Waals surface area contributed by atoms with Gasteiger partial charge in [-0.25, -0.2) is 0 Å². The molecule has 16 heavy (non-hydrogen) atoms. The average molecular weight is 210 g/mol. The molecule has 3 N–H and O–H groups in total. The van der Waals surface area contributed by atoms with Crippen LogP contribution in [0, 0.1) is 0 Å². The van der Waals surface area contributed by atoms with Gasteiger partial charge >= 0.3 is 0 Å². The number of aromatic nitrogens is 1. The summed E-state index contributed by atoms with van der Waals surface area (Å²) in [5.74, 6) is 0. The second kappa shape index (κ2) is 3.65. The van der Waals surface area contributed by atoms with Crippen LogP contribution in [0.25, 0.3) is 21.7 Å². The largest absolute Gasteiger partial charge is 0.360 e. The van der Waals surface area contributed by atoms with E-state index >= 15 is 0 Å². The van der Waals surface area contributed by atoms with E-state index in [1.54, 1.807) is 0 Å². The Labute approximate surface area is 94.1 Å². The standard InChI is InChI=1S/C14H14N2/c15-8-7-11-9-16-14-12-4-2-1-3-10(12)5-6-13(11)14/h1-6,9,16H,7-8,15H2. The van der Waals surface area contributed by atoms with Crippen molar-refractivity contribution < 1.29 is 0 Å². The molecule has 2 nitrogen and oxygen atoms in total. The molecule has 0 fully saturated rings. The minimum atomic E-state index is 0.694. The molecule has 0 atom stereocenters. The Kier molecular flexibility index (Phi) is 2.15. The first-order valence-corrected chi connectivity index (χ1v) is 5.58. The zero-order valence-corrected chi connectivity index (χ0v) is 9.03. The van der Waals surface area contributed by atoms with Gasteiger partial charge in [-0.2, -0.15) is 0 Å². The number of rotatable bonds is 2. The first-order chi connectivity index (χ1) is 7.90. The molecule has 1 heterocycles. The summed E-state index contributed by atoms with van der Waals surface area (Å²) in [6.07, 6.45) is 3.00. The van der Waals surface area contributed by atoms with Crippen LogP contribution in [0.5, 0.6) is 0 Å². The molecule has 0 saturated carbocycles. The topological polar surface area (TPSA) is 41.8 Å². The zero-order chi connectivity index (χ0) is 11.0. The highest BCUT2D eigenvalue weighted by atomic mass is 14.7. The number of nitrogens with one attached hydrogen (secondary N) is 1. The van der Waals surface area contributed by atoms with E-state index in [9.17, 15) is 0 Å². The van der Waals surface area contributed by atoms with Crippen LogP contribution in [0.1, 0.15) is 5.56 Å². The summed E-state index contributed by atoms with van der Waals surface area (Å²) in [7, 11) is 0. The molecule has 0 unspecified atom stereocenters. The maximum absolute atomic E-state index is 5.61. The zero-order valence-electron chi connectivity index (χ0n) is 9.03. The second-order valence-corrected chi connectivity index (χ2v) is 4.06. The van der Waals surface area contributed by atoms with E-state index in [4.69, 9.17) is 5.73 Å². The van der Waals surface area contributed by atoms with E-state index in [1.807, 2.05) is 0 Å². The quantitative estimate of drug-likeness (QED) is 0.671. The molecule has 1 aromatic heterocycles. The van der Waals surface area contributed by atoms with Gasteiger partial charge in [-0.15, -0.1) is 0 Å². The summed E-state index contributed by atoms with van der Waals surface area (Å²) in [5.41, 5.74) is 8.14. The third kappa shape index (κ3) is 1.31. The maximum atomic E-state index is 5.61. The molecule has 0 aliphatic rings. The molecule has 2 aromatic carbocycles. The number of nitrogens with two attached hydrogens (primary N) is 1. The van der Waals surface area contributed by atoms with Gasteiger partial charge in [-0.1, -0.05) is 36.4 Å². The Hall–Kier alpha value is -1.80. The Bertz CT molecular complexity index is 637. The SMILES string of the molecule is NCCc1c[nH]c2c1ccc1ccccc12. The fraction of sp³-hybridized carbons (Fsp3) is 0.143. The van der Waals surface area contributed by atoms with Gasteiger partial charge < -0.3 is 10.7 Å². The third-order valence-corrected chi connectivity index (χ3v) is 3.08. The lowest BCUT2D eigenvalue weighted by Crippen LogP contribution is -2.01. The molecule has 0 spiro atoms. The summed E-state index contributed by atoms with van der Waals surface area (Å²) in [6, 6.07) is 12.8. The highest BCUT2D eigenvalue weighted by Gasteiger charge is 2.05. The van der Waals surface area contributed by atoms with E-state index in [-0.39, 0.29) is 0 Å². The highest BCUT2D eigenvalue weighted by Crippen LogP contribution is 2.26. The molecular formula is C14H14N2. The van der Waals surface area contributed by atoms with Gasteiger partial charge in [0.1, 0.15) is 0 Å². The van der Waals surface area contributed by atoms with Crippen LogP contribution in [0.3, 0.4) is 0 Å². The van der Waals surface area contributed by atoms with Crippen molar-refractivity contribution in [1.29, 1.82) is 0 Å². The van der Waals surface area contributed by atoms with Crippen LogP contribution in [-0.2, 0) is 6.42 Å². The van der Waals surface area contributed by atoms with E-state index in [0.29, 0.717) is 6.54 Å². The Morgan fingerprint density at radius 2 is 1.88 bits per heavy atom. The normalized spacial score (nSPS) is 11.3. The highest BCUT2D eigenvalue weighted by molar-refractivity contribution is 6.06. The lowest BCUT2D eigenvalue weighted by molar-refractivity contribution is 0.976. The van der Waals surface area contributed by atoms with Gasteiger partial charge in [0.05, 0.1) is 5.52 Å². The number of aromatic amines is 1. The third-order valence-electron chi connectivity index (χ3n) is 3.08. The van der Waals surface area contributed by atoms with Crippen molar-refractivity contribution in [3.8, 4) is 0 Å². The minimum Gasteiger partial charge on any atom is -0.360 e. The summed E-state index contributed by atoms with van der Waals surface area (Å²) >= 11 is 0. The lowest BCUT2D eigenvalue weighted by Gasteiger charge is -2.00. The molecular weight excluding hydrogens is 196 g/mol. The number of hydrogen-bond acceptors (Lipinski definition) is 1. The maximum Gasteiger partial charge on any atom is 0.0536 e. The van der Waals surface area contributed by atoms with Gasteiger partial charge in [0.15, 0.2) is 0 Å². The minimum absolute atomic E-state index is 0.694. The first kappa shape index (κ1) is 9.43. The van der Waals surface area contributed by atoms with Crippen molar-refractivity contribution in [1.82, 2.24) is 4.98 Å². The molecule has 0 bridgehead atoms. The first-order valence-electron chi connectivity index (χ1n) is 5.58. The molecule has 3 aromatic rings. The van der Waals surface area contributed by atoms with Crippen LogP contribution in [-0.4, -0.2) is 11.5 Å². The average Bonchev–Trinajstić information content (AvgIpc) is 2.73. The molecule has 3 rings (SSSR count). The monoisotopic (exact) mass is 210 g/mol. The van der Waals surface area contributed by atoms with Gasteiger partial charge in [-0.05, 0) is 23.9 Å². The lowest BCUT2D eigenvalue weighted by atomic mass is 10.0. The van der Waals surface area contributed by atoms with E-state index < -0.39 is 0 Å². The van der Waals surface area contributed by atoms with Crippen molar-refractivity contribution in [3.05, 3.63) is 48.2 Å². The summed E-state index contributed by atoms with van der Waals surface area (Å²) in [5, 5.41) is 3.85. The van der Waals surface area contributed by atoms with Crippen LogP contribution >= 0.6 is 0 Å². The van der Waals surface area contributed by atoms with Crippen molar-refractivity contribution in [3.63, 3.8) is 0 Å². The molecule has 80 valence electrons. The number of fused-ring (bicyclic) bond motifs is 3. The van der Waals surface area contributed by atoms with Crippen molar-refractivity contribution in [2.24, 2.45) is 5.73 Å². The molecule has 0 aliphatic carbocycles. The van der Waals surface area contributed by atoms with E-state index in [1.165, 1.54) is 27.2 Å². The molecule has 0 amide bonds. The van der Waals surface area contributed by atoms with Gasteiger partial charge in [0, 0.05) is 17.0 Å². The number of hydrogen-bond donors (Lipinski definition) is 2. The second-order valence-electron chi connectivity index (χ2n) is 4.06. The van der Waals surface area contributed by atoms with Crippen LogP contribution in [0.2, 0.25) is 0 Å². The van der Waals surface area contributed by atoms with Crippen LogP contribution in [0.15, 0.2) is 42.6 Å². The number of benzene rings is 2. The van der Waals surface area contributed by atoms with Gasteiger partial charge in [0.2, 0.25) is 0 Å². The van der Waals surface area contributed by atoms with Crippen molar-refractivity contribution >= 4 is 21.7 Å². The van der Waals surface area contributed by atoms with Crippen molar-refractivity contribution in [2.45, 2.75) is 6.42 Å². The predicted octanol–water partition coefficient (Wildman–Crippen LogP) is 2.82. The summed E-state index contributed by atoms with van der Waals surface area (Å²) in [4.78, 5) is 3.36. The predicted molar refractivity (Wildman–Crippen MR) is 68.6 cm³/mol. The Balaban J connectivity index is 2.36. The Morgan fingerprint density at radius 1 is 1.00 bits per heavy atom. The van der Waals surface area contributed by atoms with Crippen LogP contribution < -0.4 is 5.73 Å². The smallest absolute Gasteiger partial charge is 0.0536 e. The fourth-order valence-corrected chi connectivity index (χ4v) is 2.29. The molecule has 2 heteroatoms. The molecule has 0 aliphatic heterocycles. The summed E-state index contributed by atoms with van der Waals surface area (Å²) in [6.45, 7) is 0.694.